The van der Waals surface area contributed by atoms with Crippen LogP contribution in [0.2, 0.25) is 0 Å². The van der Waals surface area contributed by atoms with Crippen molar-refractivity contribution in [2.45, 2.75) is 31.4 Å². The molecule has 1 heterocycles. The van der Waals surface area contributed by atoms with Gasteiger partial charge in [0, 0.05) is 19.6 Å². The van der Waals surface area contributed by atoms with Gasteiger partial charge in [0.05, 0.1) is 12.4 Å². The second-order valence-corrected chi connectivity index (χ2v) is 7.93. The number of nitrogens with one attached hydrogen (secondary N) is 1. The van der Waals surface area contributed by atoms with E-state index < -0.39 is 10.0 Å². The van der Waals surface area contributed by atoms with E-state index in [1.54, 1.807) is 7.11 Å². The maximum absolute atomic E-state index is 12.1. The van der Waals surface area contributed by atoms with Crippen molar-refractivity contribution in [3.63, 3.8) is 0 Å². The Kier molecular flexibility index (Phi) is 5.83. The van der Waals surface area contributed by atoms with Gasteiger partial charge in [-0.2, -0.15) is 0 Å². The van der Waals surface area contributed by atoms with E-state index in [1.165, 1.54) is 5.56 Å². The number of hydrogen-bond donors (Lipinski definition) is 1. The van der Waals surface area contributed by atoms with E-state index in [9.17, 15) is 8.42 Å². The lowest BCUT2D eigenvalue weighted by molar-refractivity contribution is 0.320. The van der Waals surface area contributed by atoms with Gasteiger partial charge in [0.1, 0.15) is 5.75 Å². The molecular weight excluding hydrogens is 300 g/mol. The molecule has 0 amide bonds. The van der Waals surface area contributed by atoms with Gasteiger partial charge in [-0.25, -0.2) is 13.1 Å². The van der Waals surface area contributed by atoms with Gasteiger partial charge in [-0.05, 0) is 36.6 Å². The second kappa shape index (κ2) is 7.44. The maximum Gasteiger partial charge on any atom is 0.215 e. The SMILES string of the molecule is CCNS(=O)(=O)C1CCN(CC(C)c2ccc(OC)cc2)C1. The van der Waals surface area contributed by atoms with Crippen molar-refractivity contribution in [2.24, 2.45) is 0 Å². The Bertz CT molecular complexity index is 572. The Balaban J connectivity index is 1.91. The molecule has 0 bridgehead atoms. The summed E-state index contributed by atoms with van der Waals surface area (Å²) in [6.07, 6.45) is 0.713. The van der Waals surface area contributed by atoms with Gasteiger partial charge in [0.2, 0.25) is 10.0 Å². The van der Waals surface area contributed by atoms with E-state index in [0.717, 1.165) is 18.8 Å². The van der Waals surface area contributed by atoms with Crippen LogP contribution in [0.15, 0.2) is 24.3 Å². The lowest BCUT2D eigenvalue weighted by Gasteiger charge is -2.21. The lowest BCUT2D eigenvalue weighted by atomic mass is 10.0. The Hall–Kier alpha value is -1.11. The van der Waals surface area contributed by atoms with Crippen molar-refractivity contribution in [3.8, 4) is 5.75 Å². The van der Waals surface area contributed by atoms with Crippen molar-refractivity contribution >= 4 is 10.0 Å². The van der Waals surface area contributed by atoms with E-state index in [2.05, 4.69) is 28.7 Å². The largest absolute Gasteiger partial charge is 0.497 e. The van der Waals surface area contributed by atoms with Gasteiger partial charge in [0.25, 0.3) is 0 Å². The first kappa shape index (κ1) is 17.2. The first-order chi connectivity index (χ1) is 10.5. The first-order valence-electron chi connectivity index (χ1n) is 7.81. The van der Waals surface area contributed by atoms with Gasteiger partial charge in [-0.1, -0.05) is 26.0 Å². The molecule has 124 valence electrons. The van der Waals surface area contributed by atoms with Gasteiger partial charge in [0.15, 0.2) is 0 Å². The molecule has 1 saturated heterocycles. The zero-order valence-electron chi connectivity index (χ0n) is 13.6. The summed E-state index contributed by atoms with van der Waals surface area (Å²) in [6, 6.07) is 8.08. The van der Waals surface area contributed by atoms with Crippen LogP contribution in [0.25, 0.3) is 0 Å². The van der Waals surface area contributed by atoms with Crippen LogP contribution in [0, 0.1) is 0 Å². The zero-order chi connectivity index (χ0) is 16.2. The summed E-state index contributed by atoms with van der Waals surface area (Å²) < 4.78 is 31.9. The molecule has 0 aromatic heterocycles. The number of likely N-dealkylation sites (tertiary alicyclic amines) is 1. The Labute approximate surface area is 133 Å². The summed E-state index contributed by atoms with van der Waals surface area (Å²) in [7, 11) is -1.50. The molecule has 1 aliphatic heterocycles. The van der Waals surface area contributed by atoms with Crippen LogP contribution in [0.3, 0.4) is 0 Å². The van der Waals surface area contributed by atoms with Crippen LogP contribution >= 0.6 is 0 Å². The van der Waals surface area contributed by atoms with Gasteiger partial charge >= 0.3 is 0 Å². The first-order valence-corrected chi connectivity index (χ1v) is 9.35. The summed E-state index contributed by atoms with van der Waals surface area (Å²) in [5, 5.41) is -0.282. The third-order valence-electron chi connectivity index (χ3n) is 4.23. The standard InChI is InChI=1S/C16H26N2O3S/c1-4-17-22(19,20)16-9-10-18(12-16)11-13(2)14-5-7-15(21-3)8-6-14/h5-8,13,16-17H,4,9-12H2,1-3H3. The van der Waals surface area contributed by atoms with Crippen molar-refractivity contribution in [1.29, 1.82) is 0 Å². The summed E-state index contributed by atoms with van der Waals surface area (Å²) >= 11 is 0. The normalized spacial score (nSPS) is 21.0. The molecule has 1 aliphatic rings. The maximum atomic E-state index is 12.1. The monoisotopic (exact) mass is 326 g/mol. The van der Waals surface area contributed by atoms with Crippen molar-refractivity contribution in [3.05, 3.63) is 29.8 Å². The molecule has 5 nitrogen and oxygen atoms in total. The van der Waals surface area contributed by atoms with E-state index in [1.807, 2.05) is 19.1 Å². The summed E-state index contributed by atoms with van der Waals surface area (Å²) in [5.41, 5.74) is 1.25. The van der Waals surface area contributed by atoms with Crippen LogP contribution in [0.4, 0.5) is 0 Å². The highest BCUT2D eigenvalue weighted by molar-refractivity contribution is 7.90. The summed E-state index contributed by atoms with van der Waals surface area (Å²) in [4.78, 5) is 2.24. The second-order valence-electron chi connectivity index (χ2n) is 5.89. The third-order valence-corrected chi connectivity index (χ3v) is 6.18. The van der Waals surface area contributed by atoms with E-state index in [-0.39, 0.29) is 5.25 Å². The number of ether oxygens (including phenoxy) is 1. The molecule has 2 unspecified atom stereocenters. The highest BCUT2D eigenvalue weighted by Gasteiger charge is 2.32. The molecule has 0 spiro atoms. The van der Waals surface area contributed by atoms with Crippen LogP contribution in [0.5, 0.6) is 5.75 Å². The Morgan fingerprint density at radius 1 is 1.36 bits per heavy atom. The molecule has 0 radical (unpaired) electrons. The fraction of sp³-hybridized carbons (Fsp3) is 0.625. The number of rotatable bonds is 7. The number of nitrogens with zero attached hydrogens (tertiary/aromatic N) is 1. The molecule has 0 saturated carbocycles. The topological polar surface area (TPSA) is 58.6 Å². The van der Waals surface area contributed by atoms with Crippen LogP contribution in [0.1, 0.15) is 31.7 Å². The lowest BCUT2D eigenvalue weighted by Crippen LogP contribution is -2.36. The highest BCUT2D eigenvalue weighted by atomic mass is 32.2. The van der Waals surface area contributed by atoms with Crippen molar-refractivity contribution in [1.82, 2.24) is 9.62 Å². The smallest absolute Gasteiger partial charge is 0.215 e. The number of methoxy groups -OCH3 is 1. The van der Waals surface area contributed by atoms with Crippen LogP contribution in [-0.2, 0) is 10.0 Å². The number of hydrogen-bond acceptors (Lipinski definition) is 4. The van der Waals surface area contributed by atoms with E-state index in [0.29, 0.717) is 25.4 Å². The predicted octanol–water partition coefficient (Wildman–Crippen LogP) is 1.81. The Morgan fingerprint density at radius 3 is 2.64 bits per heavy atom. The van der Waals surface area contributed by atoms with Crippen molar-refractivity contribution in [2.75, 3.05) is 33.3 Å². The minimum atomic E-state index is -3.16. The van der Waals surface area contributed by atoms with E-state index in [4.69, 9.17) is 4.74 Å². The molecule has 22 heavy (non-hydrogen) atoms. The Morgan fingerprint density at radius 2 is 2.05 bits per heavy atom. The molecular formula is C16H26N2O3S. The average molecular weight is 326 g/mol. The average Bonchev–Trinajstić information content (AvgIpc) is 2.96. The summed E-state index contributed by atoms with van der Waals surface area (Å²) in [5.74, 6) is 1.22. The fourth-order valence-electron chi connectivity index (χ4n) is 2.96. The third kappa shape index (κ3) is 4.21. The fourth-order valence-corrected chi connectivity index (χ4v) is 4.42. The van der Waals surface area contributed by atoms with Crippen LogP contribution in [-0.4, -0.2) is 51.9 Å². The minimum Gasteiger partial charge on any atom is -0.497 e. The van der Waals surface area contributed by atoms with Gasteiger partial charge < -0.3 is 9.64 Å². The molecule has 2 atom stereocenters. The van der Waals surface area contributed by atoms with E-state index >= 15 is 0 Å². The molecule has 1 aromatic carbocycles. The summed E-state index contributed by atoms with van der Waals surface area (Å²) in [6.45, 7) is 6.79. The zero-order valence-corrected chi connectivity index (χ0v) is 14.4. The molecule has 2 rings (SSSR count). The number of sulfonamides is 1. The molecule has 6 heteroatoms. The molecule has 0 aliphatic carbocycles. The van der Waals surface area contributed by atoms with Gasteiger partial charge in [-0.15, -0.1) is 0 Å². The molecule has 1 N–H and O–H groups in total. The molecule has 1 fully saturated rings. The number of benzene rings is 1. The predicted molar refractivity (Wildman–Crippen MR) is 88.9 cm³/mol. The van der Waals surface area contributed by atoms with Gasteiger partial charge in [-0.3, -0.25) is 0 Å². The minimum absolute atomic E-state index is 0.282. The van der Waals surface area contributed by atoms with Crippen LogP contribution < -0.4 is 9.46 Å². The highest BCUT2D eigenvalue weighted by Crippen LogP contribution is 2.23. The quantitative estimate of drug-likeness (QED) is 0.830. The molecule has 1 aromatic rings. The van der Waals surface area contributed by atoms with Crippen molar-refractivity contribution < 1.29 is 13.2 Å².